The van der Waals surface area contributed by atoms with Crippen LogP contribution < -0.4 is 5.56 Å². The molecule has 3 atom stereocenters. The molecule has 7 nitrogen and oxygen atoms in total. The number of aromatic amines is 1. The monoisotopic (exact) mass is 422 g/mol. The van der Waals surface area contributed by atoms with Crippen molar-refractivity contribution in [2.24, 2.45) is 5.92 Å². The Morgan fingerprint density at radius 1 is 1.26 bits per heavy atom. The van der Waals surface area contributed by atoms with Crippen molar-refractivity contribution in [2.45, 2.75) is 63.8 Å². The largest absolute Gasteiger partial charge is 0.469 e. The smallest absolute Gasteiger partial charge is 0.309 e. The highest BCUT2D eigenvalue weighted by atomic mass is 16.5. The van der Waals surface area contributed by atoms with Gasteiger partial charge in [-0.3, -0.25) is 9.59 Å². The molecule has 2 aromatic heterocycles. The zero-order valence-electron chi connectivity index (χ0n) is 18.2. The lowest BCUT2D eigenvalue weighted by atomic mass is 9.78. The van der Waals surface area contributed by atoms with Gasteiger partial charge in [-0.05, 0) is 44.6 Å². The number of fused-ring (bicyclic) bond motifs is 1. The molecule has 1 aromatic carbocycles. The van der Waals surface area contributed by atoms with Crippen LogP contribution >= 0.6 is 0 Å². The second-order valence-corrected chi connectivity index (χ2v) is 8.52. The minimum atomic E-state index is -0.265. The van der Waals surface area contributed by atoms with E-state index in [-0.39, 0.29) is 29.4 Å². The van der Waals surface area contributed by atoms with Gasteiger partial charge in [-0.2, -0.15) is 0 Å². The number of esters is 1. The highest BCUT2D eigenvalue weighted by Gasteiger charge is 2.35. The van der Waals surface area contributed by atoms with Crippen molar-refractivity contribution in [3.63, 3.8) is 0 Å². The Morgan fingerprint density at radius 3 is 2.81 bits per heavy atom. The number of H-pyrrole nitrogens is 1. The van der Waals surface area contributed by atoms with Crippen molar-refractivity contribution in [3.8, 4) is 0 Å². The van der Waals surface area contributed by atoms with Crippen LogP contribution in [0.15, 0.2) is 41.5 Å². The highest BCUT2D eigenvalue weighted by molar-refractivity contribution is 5.74. The van der Waals surface area contributed by atoms with Gasteiger partial charge in [0.15, 0.2) is 11.2 Å². The van der Waals surface area contributed by atoms with Gasteiger partial charge in [0.25, 0.3) is 5.56 Å². The Balaban J connectivity index is 1.57. The van der Waals surface area contributed by atoms with E-state index in [0.717, 1.165) is 44.9 Å². The first-order chi connectivity index (χ1) is 15.1. The van der Waals surface area contributed by atoms with E-state index in [1.807, 2.05) is 10.6 Å². The molecule has 164 valence electrons. The molecule has 0 aliphatic heterocycles. The van der Waals surface area contributed by atoms with E-state index in [2.05, 4.69) is 41.2 Å². The Hall–Kier alpha value is -2.96. The molecule has 0 radical (unpaired) electrons. The van der Waals surface area contributed by atoms with E-state index < -0.39 is 0 Å². The van der Waals surface area contributed by atoms with Crippen molar-refractivity contribution < 1.29 is 9.53 Å². The van der Waals surface area contributed by atoms with E-state index >= 15 is 0 Å². The van der Waals surface area contributed by atoms with Gasteiger partial charge >= 0.3 is 5.97 Å². The SMILES string of the molecule is COC(=O)C1CCCCC1c1nc2c(ncn2C(C)CCCc2ccccc2)c(=O)[nH]1. The molecule has 0 spiro atoms. The minimum absolute atomic E-state index is 0.130. The molecule has 0 saturated heterocycles. The van der Waals surface area contributed by atoms with Crippen LogP contribution in [-0.2, 0) is 16.0 Å². The number of imidazole rings is 1. The van der Waals surface area contributed by atoms with Gasteiger partial charge in [-0.1, -0.05) is 43.2 Å². The third-order valence-corrected chi connectivity index (χ3v) is 6.48. The molecule has 1 N–H and O–H groups in total. The van der Waals surface area contributed by atoms with Crippen molar-refractivity contribution in [1.29, 1.82) is 0 Å². The molecule has 31 heavy (non-hydrogen) atoms. The van der Waals surface area contributed by atoms with E-state index in [1.54, 1.807) is 6.33 Å². The lowest BCUT2D eigenvalue weighted by Crippen LogP contribution is -2.29. The van der Waals surface area contributed by atoms with Crippen molar-refractivity contribution in [1.82, 2.24) is 19.5 Å². The van der Waals surface area contributed by atoms with E-state index in [4.69, 9.17) is 9.72 Å². The van der Waals surface area contributed by atoms with Gasteiger partial charge in [0.2, 0.25) is 0 Å². The number of hydrogen-bond donors (Lipinski definition) is 1. The summed E-state index contributed by atoms with van der Waals surface area (Å²) in [6, 6.07) is 10.6. The van der Waals surface area contributed by atoms with Gasteiger partial charge in [-0.25, -0.2) is 9.97 Å². The first-order valence-electron chi connectivity index (χ1n) is 11.2. The molecule has 1 aliphatic rings. The summed E-state index contributed by atoms with van der Waals surface area (Å²) in [5.74, 6) is -0.0462. The number of nitrogens with zero attached hydrogens (tertiary/aromatic N) is 3. The summed E-state index contributed by atoms with van der Waals surface area (Å²) in [6.45, 7) is 2.13. The number of rotatable bonds is 7. The number of benzene rings is 1. The molecule has 4 rings (SSSR count). The van der Waals surface area contributed by atoms with Crippen molar-refractivity contribution >= 4 is 17.1 Å². The third-order valence-electron chi connectivity index (χ3n) is 6.48. The fourth-order valence-corrected chi connectivity index (χ4v) is 4.72. The summed E-state index contributed by atoms with van der Waals surface area (Å²) in [6.07, 6.45) is 8.28. The van der Waals surface area contributed by atoms with Crippen LogP contribution in [0.1, 0.15) is 68.8 Å². The first-order valence-corrected chi connectivity index (χ1v) is 11.2. The summed E-state index contributed by atoms with van der Waals surface area (Å²) < 4.78 is 7.01. The predicted octanol–water partition coefficient (Wildman–Crippen LogP) is 4.15. The number of methoxy groups -OCH3 is 1. The number of hydrogen-bond acceptors (Lipinski definition) is 5. The predicted molar refractivity (Wildman–Crippen MR) is 119 cm³/mol. The van der Waals surface area contributed by atoms with Gasteiger partial charge in [-0.15, -0.1) is 0 Å². The van der Waals surface area contributed by atoms with Crippen molar-refractivity contribution in [2.75, 3.05) is 7.11 Å². The lowest BCUT2D eigenvalue weighted by molar-refractivity contribution is -0.147. The molecular weight excluding hydrogens is 392 g/mol. The van der Waals surface area contributed by atoms with Crippen LogP contribution in [0, 0.1) is 5.92 Å². The molecule has 7 heteroatoms. The van der Waals surface area contributed by atoms with E-state index in [0.29, 0.717) is 17.0 Å². The number of ether oxygens (including phenoxy) is 1. The van der Waals surface area contributed by atoms with Crippen LogP contribution in [0.5, 0.6) is 0 Å². The third kappa shape index (κ3) is 4.55. The zero-order valence-corrected chi connectivity index (χ0v) is 18.2. The van der Waals surface area contributed by atoms with Gasteiger partial charge < -0.3 is 14.3 Å². The molecule has 3 unspecified atom stereocenters. The van der Waals surface area contributed by atoms with Crippen LogP contribution in [0.4, 0.5) is 0 Å². The van der Waals surface area contributed by atoms with Crippen molar-refractivity contribution in [3.05, 3.63) is 58.4 Å². The molecule has 1 fully saturated rings. The number of nitrogens with one attached hydrogen (secondary N) is 1. The maximum absolute atomic E-state index is 12.7. The first kappa shape index (κ1) is 21.3. The summed E-state index contributed by atoms with van der Waals surface area (Å²) in [7, 11) is 1.42. The van der Waals surface area contributed by atoms with E-state index in [1.165, 1.54) is 12.7 Å². The fourth-order valence-electron chi connectivity index (χ4n) is 4.72. The highest BCUT2D eigenvalue weighted by Crippen LogP contribution is 2.37. The average Bonchev–Trinajstić information content (AvgIpc) is 3.24. The summed E-state index contributed by atoms with van der Waals surface area (Å²) in [5.41, 5.74) is 2.03. The Bertz CT molecular complexity index is 1090. The number of aromatic nitrogens is 4. The molecular formula is C24H30N4O3. The molecule has 0 bridgehead atoms. The van der Waals surface area contributed by atoms with Crippen LogP contribution in [0.3, 0.4) is 0 Å². The van der Waals surface area contributed by atoms with E-state index in [9.17, 15) is 9.59 Å². The standard InChI is InChI=1S/C24H30N4O3/c1-16(9-8-12-17-10-4-3-5-11-17)28-15-25-20-22(28)26-21(27-23(20)29)18-13-6-7-14-19(18)24(30)31-2/h3-5,10-11,15-16,18-19H,6-9,12-14H2,1-2H3,(H,26,27,29). The summed E-state index contributed by atoms with van der Waals surface area (Å²) >= 11 is 0. The number of carbonyl (C=O) groups is 1. The van der Waals surface area contributed by atoms with Crippen LogP contribution in [0.25, 0.3) is 11.2 Å². The van der Waals surface area contributed by atoms with Gasteiger partial charge in [0.05, 0.1) is 19.4 Å². The maximum Gasteiger partial charge on any atom is 0.309 e. The quantitative estimate of drug-likeness (QED) is 0.578. The number of aryl methyl sites for hydroxylation is 1. The zero-order chi connectivity index (χ0) is 21.8. The number of carbonyl (C=O) groups excluding carboxylic acids is 1. The van der Waals surface area contributed by atoms with Crippen LogP contribution in [-0.4, -0.2) is 32.6 Å². The molecule has 3 aromatic rings. The average molecular weight is 423 g/mol. The van der Waals surface area contributed by atoms with Gasteiger partial charge in [0.1, 0.15) is 5.82 Å². The Morgan fingerprint density at radius 2 is 2.03 bits per heavy atom. The second kappa shape index (κ2) is 9.45. The normalized spacial score (nSPS) is 19.9. The fraction of sp³-hybridized carbons (Fsp3) is 0.500. The second-order valence-electron chi connectivity index (χ2n) is 8.52. The molecule has 1 saturated carbocycles. The lowest BCUT2D eigenvalue weighted by Gasteiger charge is -2.28. The topological polar surface area (TPSA) is 89.9 Å². The molecule has 2 heterocycles. The Kier molecular flexibility index (Phi) is 6.49. The summed E-state index contributed by atoms with van der Waals surface area (Å²) in [5, 5.41) is 0. The maximum atomic E-state index is 12.7. The molecule has 0 amide bonds. The Labute approximate surface area is 181 Å². The van der Waals surface area contributed by atoms with Gasteiger partial charge in [0, 0.05) is 12.0 Å². The minimum Gasteiger partial charge on any atom is -0.469 e. The summed E-state index contributed by atoms with van der Waals surface area (Å²) in [4.78, 5) is 37.1. The molecule has 1 aliphatic carbocycles. The van der Waals surface area contributed by atoms with Crippen LogP contribution in [0.2, 0.25) is 0 Å².